The molecule has 110 valence electrons. The highest BCUT2D eigenvalue weighted by atomic mass is 35.5. The molecule has 0 fully saturated rings. The largest absolute Gasteiger partial charge is 0.291 e. The van der Waals surface area contributed by atoms with E-state index in [2.05, 4.69) is 4.99 Å². The Morgan fingerprint density at radius 3 is 2.43 bits per heavy atom. The summed E-state index contributed by atoms with van der Waals surface area (Å²) < 4.78 is 0. The SMILES string of the molecule is CC1=C(Cl)C(=O)[C@@](C)(Cl)[C@H](Cl)C1=NC(=O)c1ccccc1. The van der Waals surface area contributed by atoms with E-state index < -0.39 is 21.9 Å². The third-order valence-electron chi connectivity index (χ3n) is 3.32. The van der Waals surface area contributed by atoms with Crippen LogP contribution in [0.3, 0.4) is 0 Å². The maximum atomic E-state index is 12.2. The minimum Gasteiger partial charge on any atom is -0.291 e. The lowest BCUT2D eigenvalue weighted by Gasteiger charge is -2.32. The molecule has 21 heavy (non-hydrogen) atoms. The van der Waals surface area contributed by atoms with Gasteiger partial charge < -0.3 is 0 Å². The van der Waals surface area contributed by atoms with Crippen LogP contribution in [-0.2, 0) is 4.79 Å². The fourth-order valence-corrected chi connectivity index (χ4v) is 2.81. The third-order valence-corrected chi connectivity index (χ3v) is 4.92. The average Bonchev–Trinajstić information content (AvgIpc) is 2.49. The van der Waals surface area contributed by atoms with Crippen molar-refractivity contribution in [2.45, 2.75) is 24.1 Å². The second-order valence-electron chi connectivity index (χ2n) is 4.87. The molecule has 1 aliphatic rings. The van der Waals surface area contributed by atoms with E-state index in [1.54, 1.807) is 37.3 Å². The third kappa shape index (κ3) is 2.91. The molecule has 1 aromatic carbocycles. The number of halogens is 3. The molecule has 0 saturated carbocycles. The minimum absolute atomic E-state index is 0.0380. The van der Waals surface area contributed by atoms with Crippen LogP contribution in [0.4, 0.5) is 0 Å². The van der Waals surface area contributed by atoms with Crippen molar-refractivity contribution in [1.29, 1.82) is 0 Å². The molecule has 3 nitrogen and oxygen atoms in total. The van der Waals surface area contributed by atoms with Gasteiger partial charge in [-0.2, -0.15) is 0 Å². The number of amides is 1. The van der Waals surface area contributed by atoms with E-state index in [0.717, 1.165) is 0 Å². The van der Waals surface area contributed by atoms with E-state index in [9.17, 15) is 9.59 Å². The molecule has 2 rings (SSSR count). The number of Topliss-reactive ketones (excluding diaryl/α,β-unsaturated/α-hetero) is 1. The van der Waals surface area contributed by atoms with Crippen LogP contribution >= 0.6 is 34.8 Å². The van der Waals surface area contributed by atoms with Gasteiger partial charge in [-0.15, -0.1) is 23.2 Å². The zero-order valence-corrected chi connectivity index (χ0v) is 13.6. The summed E-state index contributed by atoms with van der Waals surface area (Å²) in [6.07, 6.45) is 0. The highest BCUT2D eigenvalue weighted by Gasteiger charge is 2.47. The zero-order valence-electron chi connectivity index (χ0n) is 11.4. The van der Waals surface area contributed by atoms with Gasteiger partial charge in [0.05, 0.1) is 10.7 Å². The summed E-state index contributed by atoms with van der Waals surface area (Å²) in [7, 11) is 0. The van der Waals surface area contributed by atoms with Crippen molar-refractivity contribution in [3.63, 3.8) is 0 Å². The van der Waals surface area contributed by atoms with Crippen LogP contribution in [0, 0.1) is 0 Å². The van der Waals surface area contributed by atoms with Crippen molar-refractivity contribution < 1.29 is 9.59 Å². The molecule has 0 saturated heterocycles. The molecule has 0 aliphatic heterocycles. The predicted octanol–water partition coefficient (Wildman–Crippen LogP) is 3.97. The molecule has 6 heteroatoms. The number of hydrogen-bond acceptors (Lipinski definition) is 2. The van der Waals surface area contributed by atoms with Crippen LogP contribution in [0.5, 0.6) is 0 Å². The summed E-state index contributed by atoms with van der Waals surface area (Å²) in [5.74, 6) is -0.920. The average molecular weight is 345 g/mol. The monoisotopic (exact) mass is 343 g/mol. The number of carbonyl (C=O) groups is 2. The lowest BCUT2D eigenvalue weighted by Crippen LogP contribution is -2.48. The van der Waals surface area contributed by atoms with Crippen LogP contribution in [0.2, 0.25) is 0 Å². The van der Waals surface area contributed by atoms with Gasteiger partial charge in [0.1, 0.15) is 10.3 Å². The van der Waals surface area contributed by atoms with Gasteiger partial charge in [0.15, 0.2) is 5.78 Å². The summed E-state index contributed by atoms with van der Waals surface area (Å²) in [5.41, 5.74) is 1.03. The quantitative estimate of drug-likeness (QED) is 0.724. The van der Waals surface area contributed by atoms with Gasteiger partial charge in [0.2, 0.25) is 0 Å². The number of benzene rings is 1. The van der Waals surface area contributed by atoms with Gasteiger partial charge in [-0.1, -0.05) is 29.8 Å². The first-order valence-corrected chi connectivity index (χ1v) is 7.38. The van der Waals surface area contributed by atoms with Crippen LogP contribution in [0.15, 0.2) is 45.9 Å². The number of allylic oxidation sites excluding steroid dienone is 2. The Morgan fingerprint density at radius 2 is 1.86 bits per heavy atom. The normalized spacial score (nSPS) is 28.1. The van der Waals surface area contributed by atoms with Crippen molar-refractivity contribution in [2.75, 3.05) is 0 Å². The van der Waals surface area contributed by atoms with E-state index in [4.69, 9.17) is 34.8 Å². The number of nitrogens with zero attached hydrogens (tertiary/aromatic N) is 1. The van der Waals surface area contributed by atoms with E-state index in [1.807, 2.05) is 0 Å². The van der Waals surface area contributed by atoms with E-state index in [-0.39, 0.29) is 10.7 Å². The lowest BCUT2D eigenvalue weighted by atomic mass is 9.87. The summed E-state index contributed by atoms with van der Waals surface area (Å²) in [6, 6.07) is 8.55. The van der Waals surface area contributed by atoms with Crippen molar-refractivity contribution in [1.82, 2.24) is 0 Å². The van der Waals surface area contributed by atoms with Gasteiger partial charge in [-0.25, -0.2) is 4.99 Å². The number of hydrogen-bond donors (Lipinski definition) is 0. The first kappa shape index (κ1) is 16.2. The molecule has 0 spiro atoms. The van der Waals surface area contributed by atoms with E-state index in [1.165, 1.54) is 6.92 Å². The number of carbonyl (C=O) groups excluding carboxylic acids is 2. The topological polar surface area (TPSA) is 46.5 Å². The predicted molar refractivity (Wildman–Crippen MR) is 85.7 cm³/mol. The standard InChI is InChI=1S/C15H12Cl3NO2/c1-8-10(16)13(20)15(2,18)12(17)11(8)19-14(21)9-6-4-3-5-7-9/h3-7,12H,1-2H3/t12-,15+/m1/s1. The Kier molecular flexibility index (Phi) is 4.57. The number of rotatable bonds is 1. The van der Waals surface area contributed by atoms with Crippen molar-refractivity contribution >= 4 is 52.2 Å². The molecule has 0 heterocycles. The maximum absolute atomic E-state index is 12.2. The Morgan fingerprint density at radius 1 is 1.29 bits per heavy atom. The van der Waals surface area contributed by atoms with Crippen LogP contribution in [0.25, 0.3) is 0 Å². The van der Waals surface area contributed by atoms with Crippen LogP contribution in [-0.4, -0.2) is 27.7 Å². The Hall–Kier alpha value is -1.16. The second-order valence-corrected chi connectivity index (χ2v) is 6.47. The molecule has 2 atom stereocenters. The Labute approximate surface area is 137 Å². The van der Waals surface area contributed by atoms with Gasteiger partial charge in [-0.3, -0.25) is 9.59 Å². The molecular formula is C15H12Cl3NO2. The first-order valence-electron chi connectivity index (χ1n) is 6.19. The summed E-state index contributed by atoms with van der Waals surface area (Å²) in [4.78, 5) is 26.8. The minimum atomic E-state index is -1.42. The lowest BCUT2D eigenvalue weighted by molar-refractivity contribution is -0.117. The van der Waals surface area contributed by atoms with Gasteiger partial charge >= 0.3 is 0 Å². The zero-order chi connectivity index (χ0) is 15.8. The van der Waals surface area contributed by atoms with Crippen molar-refractivity contribution in [3.8, 4) is 0 Å². The molecule has 0 bridgehead atoms. The molecule has 1 aliphatic carbocycles. The number of ketones is 1. The van der Waals surface area contributed by atoms with Crippen LogP contribution < -0.4 is 0 Å². The number of alkyl halides is 2. The molecule has 0 radical (unpaired) electrons. The molecule has 0 N–H and O–H groups in total. The fourth-order valence-electron chi connectivity index (χ4n) is 1.95. The highest BCUT2D eigenvalue weighted by molar-refractivity contribution is 6.59. The van der Waals surface area contributed by atoms with Gasteiger partial charge in [0.25, 0.3) is 5.91 Å². The molecule has 1 aromatic rings. The fraction of sp³-hybridized carbons (Fsp3) is 0.267. The molecule has 1 amide bonds. The smallest absolute Gasteiger partial charge is 0.277 e. The van der Waals surface area contributed by atoms with E-state index in [0.29, 0.717) is 11.1 Å². The molecule has 0 aromatic heterocycles. The Balaban J connectivity index is 2.49. The molecular weight excluding hydrogens is 333 g/mol. The highest BCUT2D eigenvalue weighted by Crippen LogP contribution is 2.38. The van der Waals surface area contributed by atoms with E-state index >= 15 is 0 Å². The molecule has 0 unspecified atom stereocenters. The summed E-state index contributed by atoms with van der Waals surface area (Å²) in [6.45, 7) is 3.06. The van der Waals surface area contributed by atoms with Crippen molar-refractivity contribution in [2.24, 2.45) is 4.99 Å². The Bertz CT molecular complexity index is 663. The second kappa shape index (κ2) is 5.91. The first-order chi connectivity index (χ1) is 9.76. The van der Waals surface area contributed by atoms with Gasteiger partial charge in [-0.05, 0) is 31.6 Å². The van der Waals surface area contributed by atoms with Crippen molar-refractivity contribution in [3.05, 3.63) is 46.5 Å². The number of aliphatic imine (C=N–C) groups is 1. The van der Waals surface area contributed by atoms with Gasteiger partial charge in [0, 0.05) is 5.56 Å². The summed E-state index contributed by atoms with van der Waals surface area (Å²) >= 11 is 18.4. The maximum Gasteiger partial charge on any atom is 0.277 e. The van der Waals surface area contributed by atoms with Crippen LogP contribution in [0.1, 0.15) is 24.2 Å². The summed E-state index contributed by atoms with van der Waals surface area (Å²) in [5, 5.41) is -0.967.